The standard InChI is InChI=1S/C22H22N4.C2H6/c23-15-16-4-6-17(7-5-16)18-8-9-20-21(14-18)26-13-12-25(19-2-1-3-19)11-10-22(26)24-20;1-2/h4-9,14,19H,1-3,10-13H2;1-2H3. The van der Waals surface area contributed by atoms with Crippen molar-refractivity contribution in [3.63, 3.8) is 0 Å². The van der Waals surface area contributed by atoms with E-state index in [1.54, 1.807) is 0 Å². The highest BCUT2D eigenvalue weighted by Gasteiger charge is 2.27. The molecule has 4 nitrogen and oxygen atoms in total. The predicted molar refractivity (Wildman–Crippen MR) is 114 cm³/mol. The van der Waals surface area contributed by atoms with Crippen LogP contribution in [-0.4, -0.2) is 33.6 Å². The maximum absolute atomic E-state index is 8.99. The summed E-state index contributed by atoms with van der Waals surface area (Å²) in [5.74, 6) is 1.22. The van der Waals surface area contributed by atoms with E-state index in [9.17, 15) is 0 Å². The first-order valence-electron chi connectivity index (χ1n) is 10.6. The number of hydrogen-bond acceptors (Lipinski definition) is 3. The lowest BCUT2D eigenvalue weighted by atomic mass is 9.91. The molecule has 1 aliphatic carbocycles. The van der Waals surface area contributed by atoms with Gasteiger partial charge < -0.3 is 4.57 Å². The van der Waals surface area contributed by atoms with Crippen LogP contribution in [-0.2, 0) is 13.0 Å². The van der Waals surface area contributed by atoms with E-state index in [0.717, 1.165) is 43.2 Å². The zero-order valence-electron chi connectivity index (χ0n) is 16.9. The van der Waals surface area contributed by atoms with Gasteiger partial charge in [-0.2, -0.15) is 5.26 Å². The fourth-order valence-electron chi connectivity index (χ4n) is 4.23. The van der Waals surface area contributed by atoms with E-state index in [1.165, 1.54) is 36.2 Å². The van der Waals surface area contributed by atoms with Crippen molar-refractivity contribution in [3.05, 3.63) is 53.9 Å². The van der Waals surface area contributed by atoms with Crippen LogP contribution < -0.4 is 0 Å². The van der Waals surface area contributed by atoms with Crippen LogP contribution in [0.2, 0.25) is 0 Å². The van der Waals surface area contributed by atoms with Gasteiger partial charge in [-0.05, 0) is 48.2 Å². The summed E-state index contributed by atoms with van der Waals surface area (Å²) in [6.45, 7) is 7.29. The summed E-state index contributed by atoms with van der Waals surface area (Å²) in [5, 5.41) is 8.99. The summed E-state index contributed by atoms with van der Waals surface area (Å²) in [7, 11) is 0. The van der Waals surface area contributed by atoms with Crippen molar-refractivity contribution in [1.29, 1.82) is 5.26 Å². The Morgan fingerprint density at radius 2 is 1.71 bits per heavy atom. The molecule has 2 heterocycles. The molecule has 0 saturated heterocycles. The number of rotatable bonds is 2. The molecule has 0 amide bonds. The Kier molecular flexibility index (Phi) is 5.45. The maximum Gasteiger partial charge on any atom is 0.111 e. The van der Waals surface area contributed by atoms with Crippen molar-refractivity contribution >= 4 is 11.0 Å². The first kappa shape index (κ1) is 18.7. The third-order valence-corrected chi connectivity index (χ3v) is 6.00. The first-order chi connectivity index (χ1) is 13.8. The summed E-state index contributed by atoms with van der Waals surface area (Å²) in [4.78, 5) is 7.57. The molecule has 3 aromatic rings. The lowest BCUT2D eigenvalue weighted by molar-refractivity contribution is 0.130. The van der Waals surface area contributed by atoms with Crippen molar-refractivity contribution in [2.24, 2.45) is 0 Å². The largest absolute Gasteiger partial charge is 0.327 e. The SMILES string of the molecule is CC.N#Cc1ccc(-c2ccc3nc4n(c3c2)CCN(C2CCC2)CC4)cc1. The monoisotopic (exact) mass is 372 g/mol. The molecule has 2 aromatic carbocycles. The number of aromatic nitrogens is 2. The van der Waals surface area contributed by atoms with Crippen LogP contribution in [0.5, 0.6) is 0 Å². The molecule has 0 radical (unpaired) electrons. The van der Waals surface area contributed by atoms with E-state index < -0.39 is 0 Å². The Morgan fingerprint density at radius 1 is 0.964 bits per heavy atom. The minimum atomic E-state index is 0.698. The third kappa shape index (κ3) is 3.43. The summed E-state index contributed by atoms with van der Waals surface area (Å²) in [5.41, 5.74) is 5.35. The van der Waals surface area contributed by atoms with E-state index in [1.807, 2.05) is 38.1 Å². The Balaban J connectivity index is 0.000000932. The van der Waals surface area contributed by atoms with Gasteiger partial charge in [0.2, 0.25) is 0 Å². The molecule has 1 saturated carbocycles. The van der Waals surface area contributed by atoms with Gasteiger partial charge in [0.05, 0.1) is 22.7 Å². The van der Waals surface area contributed by atoms with Crippen LogP contribution in [0.1, 0.15) is 44.5 Å². The van der Waals surface area contributed by atoms with Crippen molar-refractivity contribution in [2.45, 2.75) is 52.1 Å². The molecule has 4 heteroatoms. The molecule has 1 fully saturated rings. The Labute approximate surface area is 167 Å². The molecule has 1 aromatic heterocycles. The van der Waals surface area contributed by atoms with Crippen LogP contribution in [0.25, 0.3) is 22.2 Å². The van der Waals surface area contributed by atoms with E-state index in [4.69, 9.17) is 10.2 Å². The smallest absolute Gasteiger partial charge is 0.111 e. The van der Waals surface area contributed by atoms with Crippen LogP contribution in [0.4, 0.5) is 0 Å². The number of nitriles is 1. The van der Waals surface area contributed by atoms with Crippen LogP contribution in [0.15, 0.2) is 42.5 Å². The number of hydrogen-bond donors (Lipinski definition) is 0. The molecular weight excluding hydrogens is 344 g/mol. The van der Waals surface area contributed by atoms with Crippen LogP contribution in [0.3, 0.4) is 0 Å². The summed E-state index contributed by atoms with van der Waals surface area (Å²) >= 11 is 0. The zero-order chi connectivity index (χ0) is 19.5. The molecule has 2 aliphatic rings. The van der Waals surface area contributed by atoms with Gasteiger partial charge >= 0.3 is 0 Å². The van der Waals surface area contributed by atoms with Crippen molar-refractivity contribution in [3.8, 4) is 17.2 Å². The van der Waals surface area contributed by atoms with Gasteiger partial charge in [-0.25, -0.2) is 4.98 Å². The van der Waals surface area contributed by atoms with Gasteiger partial charge in [0.25, 0.3) is 0 Å². The molecule has 0 unspecified atom stereocenters. The van der Waals surface area contributed by atoms with Crippen LogP contribution >= 0.6 is 0 Å². The molecule has 0 atom stereocenters. The molecular formula is C24H28N4. The highest BCUT2D eigenvalue weighted by molar-refractivity contribution is 5.83. The summed E-state index contributed by atoms with van der Waals surface area (Å²) in [6.07, 6.45) is 5.16. The van der Waals surface area contributed by atoms with E-state index in [2.05, 4.69) is 33.7 Å². The van der Waals surface area contributed by atoms with Crippen molar-refractivity contribution in [1.82, 2.24) is 14.5 Å². The topological polar surface area (TPSA) is 44.9 Å². The predicted octanol–water partition coefficient (Wildman–Crippen LogP) is 5.01. The molecule has 5 rings (SSSR count). The highest BCUT2D eigenvalue weighted by Crippen LogP contribution is 2.29. The molecule has 28 heavy (non-hydrogen) atoms. The molecule has 0 bridgehead atoms. The van der Waals surface area contributed by atoms with Crippen molar-refractivity contribution in [2.75, 3.05) is 13.1 Å². The molecule has 0 spiro atoms. The lowest BCUT2D eigenvalue weighted by Gasteiger charge is -2.36. The van der Waals surface area contributed by atoms with Gasteiger partial charge in [-0.1, -0.05) is 38.5 Å². The zero-order valence-corrected chi connectivity index (χ0v) is 16.9. The Morgan fingerprint density at radius 3 is 2.39 bits per heavy atom. The minimum Gasteiger partial charge on any atom is -0.327 e. The second-order valence-electron chi connectivity index (χ2n) is 7.44. The Hall–Kier alpha value is -2.64. The van der Waals surface area contributed by atoms with E-state index in [0.29, 0.717) is 5.56 Å². The second kappa shape index (κ2) is 8.16. The second-order valence-corrected chi connectivity index (χ2v) is 7.44. The summed E-state index contributed by atoms with van der Waals surface area (Å²) < 4.78 is 2.42. The van der Waals surface area contributed by atoms with Crippen LogP contribution in [0, 0.1) is 11.3 Å². The van der Waals surface area contributed by atoms with Gasteiger partial charge in [0, 0.05) is 32.1 Å². The number of nitrogens with zero attached hydrogens (tertiary/aromatic N) is 4. The van der Waals surface area contributed by atoms with Gasteiger partial charge in [0.15, 0.2) is 0 Å². The van der Waals surface area contributed by atoms with E-state index in [-0.39, 0.29) is 0 Å². The minimum absolute atomic E-state index is 0.698. The van der Waals surface area contributed by atoms with Gasteiger partial charge in [-0.15, -0.1) is 0 Å². The number of fused-ring (bicyclic) bond motifs is 3. The average molecular weight is 373 g/mol. The Bertz CT molecular complexity index is 990. The normalized spacial score (nSPS) is 17.0. The first-order valence-corrected chi connectivity index (χ1v) is 10.6. The highest BCUT2D eigenvalue weighted by atomic mass is 15.2. The lowest BCUT2D eigenvalue weighted by Crippen LogP contribution is -2.41. The molecule has 144 valence electrons. The van der Waals surface area contributed by atoms with Gasteiger partial charge in [-0.3, -0.25) is 4.90 Å². The van der Waals surface area contributed by atoms with E-state index >= 15 is 0 Å². The maximum atomic E-state index is 8.99. The fourth-order valence-corrected chi connectivity index (χ4v) is 4.23. The fraction of sp³-hybridized carbons (Fsp3) is 0.417. The van der Waals surface area contributed by atoms with Crippen molar-refractivity contribution < 1.29 is 0 Å². The third-order valence-electron chi connectivity index (χ3n) is 6.00. The van der Waals surface area contributed by atoms with Gasteiger partial charge in [0.1, 0.15) is 5.82 Å². The number of benzene rings is 2. The molecule has 0 N–H and O–H groups in total. The molecule has 1 aliphatic heterocycles. The summed E-state index contributed by atoms with van der Waals surface area (Å²) in [6, 6.07) is 17.3. The quantitative estimate of drug-likeness (QED) is 0.635. The number of imidazole rings is 1. The average Bonchev–Trinajstić information content (AvgIpc) is 2.94.